The molecule has 10 nitrogen and oxygen atoms in total. The van der Waals surface area contributed by atoms with E-state index in [0.717, 1.165) is 0 Å². The van der Waals surface area contributed by atoms with Gasteiger partial charge in [-0.1, -0.05) is 0 Å². The van der Waals surface area contributed by atoms with E-state index in [1.165, 1.54) is 19.2 Å². The number of pyridine rings is 1. The monoisotopic (exact) mass is 284 g/mol. The minimum Gasteiger partial charge on any atom is -0.383 e. The maximum atomic E-state index is 11.5. The number of nitro groups is 1. The van der Waals surface area contributed by atoms with Crippen LogP contribution in [-0.4, -0.2) is 42.6 Å². The molecular weight excluding hydrogens is 268 g/mol. The second kappa shape index (κ2) is 7.86. The van der Waals surface area contributed by atoms with Crippen molar-refractivity contribution in [1.82, 2.24) is 10.3 Å². The van der Waals surface area contributed by atoms with E-state index in [1.54, 1.807) is 0 Å². The van der Waals surface area contributed by atoms with Gasteiger partial charge in [-0.25, -0.2) is 10.8 Å². The molecule has 1 aromatic rings. The van der Waals surface area contributed by atoms with Gasteiger partial charge in [0.2, 0.25) is 11.7 Å². The standard InChI is InChI=1S/C10H16N6O4/c1-20-5-4-12-9(17)6-13-10-7(16(18)19)2-3-8(14-10)15-11/h2-3H,4-6,11H2,1H3,(H,12,17)(H2,13,14,15). The summed E-state index contributed by atoms with van der Waals surface area (Å²) in [5.74, 6) is 5.06. The number of aromatic nitrogens is 1. The van der Waals surface area contributed by atoms with E-state index >= 15 is 0 Å². The minimum absolute atomic E-state index is 0.0349. The smallest absolute Gasteiger partial charge is 0.311 e. The molecule has 0 saturated heterocycles. The highest BCUT2D eigenvalue weighted by Gasteiger charge is 2.16. The number of carbonyl (C=O) groups excluding carboxylic acids is 1. The minimum atomic E-state index is -0.599. The lowest BCUT2D eigenvalue weighted by Crippen LogP contribution is -2.32. The van der Waals surface area contributed by atoms with Gasteiger partial charge in [-0.3, -0.25) is 14.9 Å². The van der Waals surface area contributed by atoms with Gasteiger partial charge < -0.3 is 20.8 Å². The quantitative estimate of drug-likeness (QED) is 0.215. The molecule has 0 aromatic carbocycles. The molecule has 110 valence electrons. The fraction of sp³-hybridized carbons (Fsp3) is 0.400. The molecule has 0 spiro atoms. The Labute approximate surface area is 114 Å². The maximum absolute atomic E-state index is 11.5. The number of carbonyl (C=O) groups is 1. The van der Waals surface area contributed by atoms with E-state index in [-0.39, 0.29) is 29.8 Å². The number of nitrogens with zero attached hydrogens (tertiary/aromatic N) is 2. The lowest BCUT2D eigenvalue weighted by Gasteiger charge is -2.08. The van der Waals surface area contributed by atoms with Crippen molar-refractivity contribution in [1.29, 1.82) is 0 Å². The zero-order valence-electron chi connectivity index (χ0n) is 10.9. The highest BCUT2D eigenvalue weighted by Crippen LogP contribution is 2.23. The van der Waals surface area contributed by atoms with Crippen LogP contribution in [0.25, 0.3) is 0 Å². The molecule has 1 amide bonds. The average Bonchev–Trinajstić information content (AvgIpc) is 2.44. The average molecular weight is 284 g/mol. The van der Waals surface area contributed by atoms with Crippen LogP contribution in [0.15, 0.2) is 12.1 Å². The van der Waals surface area contributed by atoms with Crippen LogP contribution in [0, 0.1) is 10.1 Å². The van der Waals surface area contributed by atoms with E-state index in [2.05, 4.69) is 21.0 Å². The fourth-order valence-electron chi connectivity index (χ4n) is 1.33. The third-order valence-electron chi connectivity index (χ3n) is 2.26. The SMILES string of the molecule is COCCNC(=O)CNc1nc(NN)ccc1[N+](=O)[O-]. The number of hydrogen-bond donors (Lipinski definition) is 4. The first kappa shape index (κ1) is 15.6. The summed E-state index contributed by atoms with van der Waals surface area (Å²) in [5, 5.41) is 16.0. The van der Waals surface area contributed by atoms with Crippen molar-refractivity contribution in [3.05, 3.63) is 22.2 Å². The van der Waals surface area contributed by atoms with Crippen LogP contribution < -0.4 is 21.9 Å². The Bertz CT molecular complexity index is 481. The van der Waals surface area contributed by atoms with Crippen molar-refractivity contribution < 1.29 is 14.5 Å². The Morgan fingerprint density at radius 2 is 2.30 bits per heavy atom. The van der Waals surface area contributed by atoms with Crippen LogP contribution in [0.2, 0.25) is 0 Å². The molecule has 1 aromatic heterocycles. The maximum Gasteiger partial charge on any atom is 0.311 e. The first-order chi connectivity index (χ1) is 9.58. The summed E-state index contributed by atoms with van der Waals surface area (Å²) >= 11 is 0. The molecule has 0 unspecified atom stereocenters. The number of ether oxygens (including phenoxy) is 1. The third kappa shape index (κ3) is 4.66. The van der Waals surface area contributed by atoms with E-state index in [0.29, 0.717) is 13.2 Å². The molecule has 20 heavy (non-hydrogen) atoms. The Morgan fingerprint density at radius 1 is 1.55 bits per heavy atom. The van der Waals surface area contributed by atoms with Crippen LogP contribution in [0.5, 0.6) is 0 Å². The van der Waals surface area contributed by atoms with Gasteiger partial charge in [-0.15, -0.1) is 0 Å². The van der Waals surface area contributed by atoms with E-state index in [4.69, 9.17) is 10.6 Å². The van der Waals surface area contributed by atoms with Crippen molar-refractivity contribution in [3.63, 3.8) is 0 Å². The van der Waals surface area contributed by atoms with E-state index < -0.39 is 4.92 Å². The summed E-state index contributed by atoms with van der Waals surface area (Å²) in [7, 11) is 1.52. The fourth-order valence-corrected chi connectivity index (χ4v) is 1.33. The molecule has 0 bridgehead atoms. The zero-order valence-corrected chi connectivity index (χ0v) is 10.9. The summed E-state index contributed by atoms with van der Waals surface area (Å²) in [6.45, 7) is 0.596. The highest BCUT2D eigenvalue weighted by molar-refractivity contribution is 5.81. The van der Waals surface area contributed by atoms with Gasteiger partial charge in [0.15, 0.2) is 0 Å². The van der Waals surface area contributed by atoms with Crippen molar-refractivity contribution in [2.75, 3.05) is 37.5 Å². The lowest BCUT2D eigenvalue weighted by molar-refractivity contribution is -0.384. The third-order valence-corrected chi connectivity index (χ3v) is 2.26. The summed E-state index contributed by atoms with van der Waals surface area (Å²) in [5.41, 5.74) is 2.03. The number of hydrazine groups is 1. The van der Waals surface area contributed by atoms with Crippen LogP contribution >= 0.6 is 0 Å². The van der Waals surface area contributed by atoms with Crippen molar-refractivity contribution >= 4 is 23.2 Å². The molecule has 0 fully saturated rings. The van der Waals surface area contributed by atoms with Gasteiger partial charge in [0, 0.05) is 19.7 Å². The number of amides is 1. The molecule has 1 rings (SSSR count). The number of rotatable bonds is 8. The van der Waals surface area contributed by atoms with Crippen LogP contribution in [0.4, 0.5) is 17.3 Å². The van der Waals surface area contributed by atoms with Gasteiger partial charge >= 0.3 is 5.69 Å². The van der Waals surface area contributed by atoms with Gasteiger partial charge in [-0.05, 0) is 6.07 Å². The number of nitrogens with two attached hydrogens (primary N) is 1. The predicted octanol–water partition coefficient (Wildman–Crippen LogP) is -0.550. The normalized spacial score (nSPS) is 9.90. The first-order valence-corrected chi connectivity index (χ1v) is 5.70. The van der Waals surface area contributed by atoms with Gasteiger partial charge in [0.25, 0.3) is 0 Å². The highest BCUT2D eigenvalue weighted by atomic mass is 16.6. The molecule has 0 aliphatic heterocycles. The van der Waals surface area contributed by atoms with Crippen LogP contribution in [0.3, 0.4) is 0 Å². The second-order valence-corrected chi connectivity index (χ2v) is 3.66. The molecule has 10 heteroatoms. The van der Waals surface area contributed by atoms with Crippen molar-refractivity contribution in [3.8, 4) is 0 Å². The van der Waals surface area contributed by atoms with E-state index in [1.807, 2.05) is 0 Å². The Kier molecular flexibility index (Phi) is 6.13. The van der Waals surface area contributed by atoms with Crippen molar-refractivity contribution in [2.45, 2.75) is 0 Å². The second-order valence-electron chi connectivity index (χ2n) is 3.66. The number of methoxy groups -OCH3 is 1. The molecule has 0 aliphatic carbocycles. The first-order valence-electron chi connectivity index (χ1n) is 5.70. The molecule has 0 saturated carbocycles. The largest absolute Gasteiger partial charge is 0.383 e. The van der Waals surface area contributed by atoms with Crippen LogP contribution in [0.1, 0.15) is 0 Å². The van der Waals surface area contributed by atoms with Crippen LogP contribution in [-0.2, 0) is 9.53 Å². The van der Waals surface area contributed by atoms with Crippen molar-refractivity contribution in [2.24, 2.45) is 5.84 Å². The van der Waals surface area contributed by atoms with Gasteiger partial charge in [-0.2, -0.15) is 0 Å². The van der Waals surface area contributed by atoms with Gasteiger partial charge in [0.1, 0.15) is 5.82 Å². The molecule has 5 N–H and O–H groups in total. The Balaban J connectivity index is 2.65. The predicted molar refractivity (Wildman–Crippen MR) is 72.1 cm³/mol. The summed E-state index contributed by atoms with van der Waals surface area (Å²) in [4.78, 5) is 25.6. The molecule has 1 heterocycles. The van der Waals surface area contributed by atoms with E-state index in [9.17, 15) is 14.9 Å². The van der Waals surface area contributed by atoms with Gasteiger partial charge in [0.05, 0.1) is 18.1 Å². The molecule has 0 atom stereocenters. The summed E-state index contributed by atoms with van der Waals surface area (Å²) < 4.78 is 4.78. The Morgan fingerprint density at radius 3 is 2.90 bits per heavy atom. The summed E-state index contributed by atoms with van der Waals surface area (Å²) in [6, 6.07) is 2.61. The number of nitrogens with one attached hydrogen (secondary N) is 3. The topological polar surface area (TPSA) is 144 Å². The number of hydrogen-bond acceptors (Lipinski definition) is 8. The zero-order chi connectivity index (χ0) is 15.0. The number of anilines is 2. The Hall–Kier alpha value is -2.46. The molecule has 0 radical (unpaired) electrons. The lowest BCUT2D eigenvalue weighted by atomic mass is 10.3. The number of nitrogen functional groups attached to an aromatic ring is 1. The summed E-state index contributed by atoms with van der Waals surface area (Å²) in [6.07, 6.45) is 0. The molecule has 0 aliphatic rings. The molecular formula is C10H16N6O4.